The topological polar surface area (TPSA) is 49.6 Å². The predicted molar refractivity (Wildman–Crippen MR) is 88.5 cm³/mol. The molecule has 0 aliphatic carbocycles. The molecule has 1 amide bonds. The van der Waals surface area contributed by atoms with Crippen LogP contribution in [0.5, 0.6) is 0 Å². The first-order valence-corrected chi connectivity index (χ1v) is 7.36. The molecule has 21 heavy (non-hydrogen) atoms. The van der Waals surface area contributed by atoms with Crippen molar-refractivity contribution in [3.05, 3.63) is 35.9 Å². The summed E-state index contributed by atoms with van der Waals surface area (Å²) in [7, 11) is 1.88. The third kappa shape index (κ3) is 4.99. The Morgan fingerprint density at radius 2 is 1.90 bits per heavy atom. The first-order valence-electron chi connectivity index (χ1n) is 7.36. The lowest BCUT2D eigenvalue weighted by atomic mass is 10.1. The van der Waals surface area contributed by atoms with Gasteiger partial charge in [-0.1, -0.05) is 30.3 Å². The van der Waals surface area contributed by atoms with Crippen molar-refractivity contribution in [2.75, 3.05) is 26.7 Å². The fourth-order valence-corrected chi connectivity index (χ4v) is 2.59. The van der Waals surface area contributed by atoms with Gasteiger partial charge in [0.15, 0.2) is 0 Å². The molecule has 0 radical (unpaired) electrons. The van der Waals surface area contributed by atoms with E-state index in [-0.39, 0.29) is 24.4 Å². The van der Waals surface area contributed by atoms with Crippen molar-refractivity contribution >= 4 is 18.3 Å². The van der Waals surface area contributed by atoms with Crippen molar-refractivity contribution in [3.8, 4) is 0 Å². The molecule has 0 aromatic heterocycles. The van der Waals surface area contributed by atoms with Gasteiger partial charge in [-0.25, -0.2) is 0 Å². The Morgan fingerprint density at radius 1 is 1.33 bits per heavy atom. The third-order valence-electron chi connectivity index (χ3n) is 4.25. The molecular weight excluding hydrogens is 286 g/mol. The van der Waals surface area contributed by atoms with Gasteiger partial charge in [0.2, 0.25) is 5.91 Å². The molecular formula is C16H26ClN3O. The highest BCUT2D eigenvalue weighted by molar-refractivity contribution is 5.85. The number of likely N-dealkylation sites (tertiary alicyclic amines) is 1. The number of hydrogen-bond acceptors (Lipinski definition) is 3. The van der Waals surface area contributed by atoms with Gasteiger partial charge in [0.05, 0.1) is 12.6 Å². The number of amides is 1. The number of carbonyl (C=O) groups excluding carboxylic acids is 1. The van der Waals surface area contributed by atoms with Crippen molar-refractivity contribution in [2.45, 2.75) is 31.8 Å². The second-order valence-corrected chi connectivity index (χ2v) is 5.70. The zero-order valence-corrected chi connectivity index (χ0v) is 13.7. The molecule has 2 N–H and O–H groups in total. The minimum absolute atomic E-state index is 0. The van der Waals surface area contributed by atoms with Crippen LogP contribution >= 0.6 is 12.4 Å². The second kappa shape index (κ2) is 8.37. The molecule has 1 aromatic carbocycles. The van der Waals surface area contributed by atoms with Gasteiger partial charge < -0.3 is 10.6 Å². The second-order valence-electron chi connectivity index (χ2n) is 5.70. The molecule has 0 saturated carbocycles. The highest BCUT2D eigenvalue weighted by atomic mass is 35.5. The Hall–Kier alpha value is -1.10. The Balaban J connectivity index is 0.00000220. The van der Waals surface area contributed by atoms with Crippen molar-refractivity contribution in [1.29, 1.82) is 0 Å². The van der Waals surface area contributed by atoms with E-state index >= 15 is 0 Å². The van der Waals surface area contributed by atoms with Crippen LogP contribution in [0.2, 0.25) is 0 Å². The molecule has 118 valence electrons. The molecule has 1 aliphatic rings. The van der Waals surface area contributed by atoms with Crippen LogP contribution in [0, 0.1) is 0 Å². The number of hydrogen-bond donors (Lipinski definition) is 1. The monoisotopic (exact) mass is 311 g/mol. The number of nitrogens with zero attached hydrogens (tertiary/aromatic N) is 2. The lowest BCUT2D eigenvalue weighted by molar-refractivity contribution is -0.133. The molecule has 1 heterocycles. The van der Waals surface area contributed by atoms with Crippen LogP contribution in [0.4, 0.5) is 0 Å². The largest absolute Gasteiger partial charge is 0.338 e. The minimum Gasteiger partial charge on any atom is -0.338 e. The average Bonchev–Trinajstić information content (AvgIpc) is 2.49. The van der Waals surface area contributed by atoms with Crippen molar-refractivity contribution in [1.82, 2.24) is 9.80 Å². The lowest BCUT2D eigenvalue weighted by Crippen LogP contribution is -2.45. The highest BCUT2D eigenvalue weighted by Gasteiger charge is 2.22. The normalized spacial score (nSPS) is 17.9. The number of rotatable bonds is 4. The maximum atomic E-state index is 12.4. The molecule has 0 bridgehead atoms. The van der Waals surface area contributed by atoms with Crippen LogP contribution in [0.3, 0.4) is 0 Å². The number of halogens is 1. The van der Waals surface area contributed by atoms with E-state index in [0.717, 1.165) is 25.9 Å². The van der Waals surface area contributed by atoms with Crippen LogP contribution in [-0.4, -0.2) is 48.4 Å². The fourth-order valence-electron chi connectivity index (χ4n) is 2.59. The maximum absolute atomic E-state index is 12.4. The van der Waals surface area contributed by atoms with E-state index in [2.05, 4.69) is 24.0 Å². The standard InChI is InChI=1S/C16H25N3O.ClH/c1-13(14-6-4-3-5-7-14)18(2)16(20)12-19-10-8-15(17)9-11-19;/h3-7,13,15H,8-12,17H2,1-2H3;1H. The van der Waals surface area contributed by atoms with Crippen LogP contribution in [0.15, 0.2) is 30.3 Å². The molecule has 5 heteroatoms. The Kier molecular flexibility index (Phi) is 7.15. The first kappa shape index (κ1) is 18.0. The van der Waals surface area contributed by atoms with Gasteiger partial charge in [0.25, 0.3) is 0 Å². The molecule has 1 unspecified atom stereocenters. The van der Waals surface area contributed by atoms with Crippen molar-refractivity contribution in [3.63, 3.8) is 0 Å². The molecule has 1 aromatic rings. The minimum atomic E-state index is 0. The van der Waals surface area contributed by atoms with E-state index in [4.69, 9.17) is 5.73 Å². The zero-order valence-electron chi connectivity index (χ0n) is 12.9. The number of benzene rings is 1. The molecule has 1 atom stereocenters. The summed E-state index contributed by atoms with van der Waals surface area (Å²) in [5.74, 6) is 0.178. The zero-order chi connectivity index (χ0) is 14.5. The van der Waals surface area contributed by atoms with Gasteiger partial charge in [-0.2, -0.15) is 0 Å². The predicted octanol–water partition coefficient (Wildman–Crippen LogP) is 2.05. The summed E-state index contributed by atoms with van der Waals surface area (Å²) in [4.78, 5) is 16.4. The average molecular weight is 312 g/mol. The summed E-state index contributed by atoms with van der Waals surface area (Å²) in [5.41, 5.74) is 7.06. The van der Waals surface area contributed by atoms with Gasteiger partial charge in [0.1, 0.15) is 0 Å². The van der Waals surface area contributed by atoms with Gasteiger partial charge in [-0.15, -0.1) is 12.4 Å². The summed E-state index contributed by atoms with van der Waals surface area (Å²) in [6.07, 6.45) is 1.98. The van der Waals surface area contributed by atoms with Gasteiger partial charge in [-0.3, -0.25) is 9.69 Å². The molecule has 4 nitrogen and oxygen atoms in total. The summed E-state index contributed by atoms with van der Waals surface area (Å²) in [6, 6.07) is 10.6. The molecule has 1 fully saturated rings. The smallest absolute Gasteiger partial charge is 0.236 e. The molecule has 0 spiro atoms. The van der Waals surface area contributed by atoms with Crippen LogP contribution in [0.1, 0.15) is 31.4 Å². The van der Waals surface area contributed by atoms with E-state index in [0.29, 0.717) is 12.6 Å². The fraction of sp³-hybridized carbons (Fsp3) is 0.562. The van der Waals surface area contributed by atoms with E-state index < -0.39 is 0 Å². The lowest BCUT2D eigenvalue weighted by Gasteiger charge is -2.32. The number of likely N-dealkylation sites (N-methyl/N-ethyl adjacent to an activating group) is 1. The Labute approximate surface area is 133 Å². The summed E-state index contributed by atoms with van der Waals surface area (Å²) in [6.45, 7) is 4.43. The highest BCUT2D eigenvalue weighted by Crippen LogP contribution is 2.18. The van der Waals surface area contributed by atoms with Crippen LogP contribution < -0.4 is 5.73 Å². The van der Waals surface area contributed by atoms with Gasteiger partial charge >= 0.3 is 0 Å². The van der Waals surface area contributed by atoms with E-state index in [9.17, 15) is 4.79 Å². The Bertz CT molecular complexity index is 432. The van der Waals surface area contributed by atoms with Crippen molar-refractivity contribution < 1.29 is 4.79 Å². The first-order chi connectivity index (χ1) is 9.58. The molecule has 1 saturated heterocycles. The van der Waals surface area contributed by atoms with Crippen molar-refractivity contribution in [2.24, 2.45) is 5.73 Å². The molecule has 1 aliphatic heterocycles. The van der Waals surface area contributed by atoms with Crippen LogP contribution in [-0.2, 0) is 4.79 Å². The Morgan fingerprint density at radius 3 is 2.48 bits per heavy atom. The van der Waals surface area contributed by atoms with Gasteiger partial charge in [0, 0.05) is 26.2 Å². The van der Waals surface area contributed by atoms with Crippen LogP contribution in [0.25, 0.3) is 0 Å². The summed E-state index contributed by atoms with van der Waals surface area (Å²) >= 11 is 0. The number of piperidine rings is 1. The van der Waals surface area contributed by atoms with E-state index in [1.165, 1.54) is 5.56 Å². The maximum Gasteiger partial charge on any atom is 0.236 e. The quantitative estimate of drug-likeness (QED) is 0.926. The van der Waals surface area contributed by atoms with E-state index in [1.54, 1.807) is 0 Å². The SMILES string of the molecule is CC(c1ccccc1)N(C)C(=O)CN1CCC(N)CC1.Cl. The number of carbonyl (C=O) groups is 1. The van der Waals surface area contributed by atoms with Gasteiger partial charge in [-0.05, 0) is 25.3 Å². The third-order valence-corrected chi connectivity index (χ3v) is 4.25. The molecule has 2 rings (SSSR count). The van der Waals surface area contributed by atoms with E-state index in [1.807, 2.05) is 30.1 Å². The number of nitrogens with two attached hydrogens (primary N) is 1. The summed E-state index contributed by atoms with van der Waals surface area (Å²) < 4.78 is 0. The summed E-state index contributed by atoms with van der Waals surface area (Å²) in [5, 5.41) is 0.